The van der Waals surface area contributed by atoms with Gasteiger partial charge in [0, 0.05) is 45.7 Å². The van der Waals surface area contributed by atoms with Crippen molar-refractivity contribution in [2.24, 2.45) is 5.92 Å². The number of hydrogen-bond donors (Lipinski definition) is 0. The summed E-state index contributed by atoms with van der Waals surface area (Å²) in [7, 11) is 0. The number of benzene rings is 1. The monoisotopic (exact) mass is 308 g/mol. The lowest BCUT2D eigenvalue weighted by molar-refractivity contribution is 0.132. The molecule has 0 aromatic heterocycles. The maximum atomic E-state index is 9.15. The molecular formula is C19H24N4. The number of piperazine rings is 1. The number of hydrogen-bond acceptors (Lipinski definition) is 4. The second kappa shape index (κ2) is 9.79. The van der Waals surface area contributed by atoms with Gasteiger partial charge in [-0.05, 0) is 12.0 Å². The highest BCUT2D eigenvalue weighted by atomic mass is 15.3. The average Bonchev–Trinajstić information content (AvgIpc) is 2.61. The molecule has 1 fully saturated rings. The van der Waals surface area contributed by atoms with Crippen LogP contribution in [-0.2, 0) is 0 Å². The van der Waals surface area contributed by atoms with Crippen molar-refractivity contribution in [2.45, 2.75) is 12.8 Å². The zero-order valence-corrected chi connectivity index (χ0v) is 13.6. The molecule has 1 aromatic rings. The van der Waals surface area contributed by atoms with Gasteiger partial charge in [-0.25, -0.2) is 0 Å². The van der Waals surface area contributed by atoms with Gasteiger partial charge in [-0.3, -0.25) is 9.80 Å². The summed E-state index contributed by atoms with van der Waals surface area (Å²) < 4.78 is 0. The van der Waals surface area contributed by atoms with E-state index in [0.29, 0.717) is 12.8 Å². The molecule has 0 aliphatic carbocycles. The fraction of sp³-hybridized carbons (Fsp3) is 0.474. The van der Waals surface area contributed by atoms with Crippen LogP contribution in [0, 0.1) is 28.6 Å². The molecule has 0 bridgehead atoms. The van der Waals surface area contributed by atoms with Crippen LogP contribution in [0.5, 0.6) is 0 Å². The quantitative estimate of drug-likeness (QED) is 0.777. The lowest BCUT2D eigenvalue weighted by Crippen LogP contribution is -2.47. The molecule has 1 atom stereocenters. The molecular weight excluding hydrogens is 284 g/mol. The third-order valence-electron chi connectivity index (χ3n) is 4.20. The van der Waals surface area contributed by atoms with Gasteiger partial charge < -0.3 is 0 Å². The standard InChI is InChI=1S/C19H24N4/c20-10-4-8-19(16-21)17-23-14-12-22(13-15-23)11-5-9-18-6-2-1-3-7-18/h1-3,5-7,9,19H,4,8,11-15,17H2/b9-5+. The van der Waals surface area contributed by atoms with Crippen molar-refractivity contribution < 1.29 is 0 Å². The van der Waals surface area contributed by atoms with Crippen LogP contribution in [0.1, 0.15) is 18.4 Å². The molecule has 23 heavy (non-hydrogen) atoms. The van der Waals surface area contributed by atoms with E-state index in [1.165, 1.54) is 5.56 Å². The Labute approximate surface area is 139 Å². The van der Waals surface area contributed by atoms with Crippen molar-refractivity contribution in [1.82, 2.24) is 9.80 Å². The maximum absolute atomic E-state index is 9.15. The lowest BCUT2D eigenvalue weighted by atomic mass is 10.0. The van der Waals surface area contributed by atoms with E-state index in [1.54, 1.807) is 0 Å². The van der Waals surface area contributed by atoms with E-state index in [9.17, 15) is 0 Å². The zero-order chi connectivity index (χ0) is 16.3. The Balaban J connectivity index is 1.69. The number of nitrogens with zero attached hydrogens (tertiary/aromatic N) is 4. The molecule has 1 saturated heterocycles. The third kappa shape index (κ3) is 6.24. The van der Waals surface area contributed by atoms with Gasteiger partial charge in [0.1, 0.15) is 0 Å². The second-order valence-electron chi connectivity index (χ2n) is 5.94. The molecule has 1 aromatic carbocycles. The van der Waals surface area contributed by atoms with E-state index in [2.05, 4.69) is 58.4 Å². The predicted molar refractivity (Wildman–Crippen MR) is 92.3 cm³/mol. The highest BCUT2D eigenvalue weighted by molar-refractivity contribution is 5.48. The van der Waals surface area contributed by atoms with E-state index < -0.39 is 0 Å². The van der Waals surface area contributed by atoms with E-state index in [1.807, 2.05) is 6.07 Å². The zero-order valence-electron chi connectivity index (χ0n) is 13.6. The van der Waals surface area contributed by atoms with Crippen LogP contribution in [-0.4, -0.2) is 49.1 Å². The van der Waals surface area contributed by atoms with Crippen molar-refractivity contribution in [2.75, 3.05) is 39.3 Å². The highest BCUT2D eigenvalue weighted by Crippen LogP contribution is 2.10. The SMILES string of the molecule is N#CCCC(C#N)CN1CCN(C/C=C/c2ccccc2)CC1. The van der Waals surface area contributed by atoms with Crippen LogP contribution in [0.4, 0.5) is 0 Å². The third-order valence-corrected chi connectivity index (χ3v) is 4.20. The average molecular weight is 308 g/mol. The Hall–Kier alpha value is -2.14. The van der Waals surface area contributed by atoms with Crippen molar-refractivity contribution >= 4 is 6.08 Å². The Morgan fingerprint density at radius 1 is 1.04 bits per heavy atom. The first-order valence-corrected chi connectivity index (χ1v) is 8.24. The molecule has 120 valence electrons. The first kappa shape index (κ1) is 17.2. The van der Waals surface area contributed by atoms with E-state index in [-0.39, 0.29) is 5.92 Å². The summed E-state index contributed by atoms with van der Waals surface area (Å²) in [6.07, 6.45) is 5.55. The van der Waals surface area contributed by atoms with Gasteiger partial charge in [0.05, 0.1) is 18.1 Å². The van der Waals surface area contributed by atoms with Crippen molar-refractivity contribution in [1.29, 1.82) is 10.5 Å². The predicted octanol–water partition coefficient (Wildman–Crippen LogP) is 2.76. The molecule has 0 saturated carbocycles. The lowest BCUT2D eigenvalue weighted by Gasteiger charge is -2.34. The molecule has 4 heteroatoms. The maximum Gasteiger partial charge on any atom is 0.0669 e. The van der Waals surface area contributed by atoms with Gasteiger partial charge in [0.25, 0.3) is 0 Å². The fourth-order valence-corrected chi connectivity index (χ4v) is 2.80. The minimum Gasteiger partial charge on any atom is -0.299 e. The summed E-state index contributed by atoms with van der Waals surface area (Å²) in [4.78, 5) is 4.79. The van der Waals surface area contributed by atoms with Gasteiger partial charge in [0.15, 0.2) is 0 Å². The van der Waals surface area contributed by atoms with Gasteiger partial charge in [-0.15, -0.1) is 0 Å². The Bertz CT molecular complexity index is 559. The highest BCUT2D eigenvalue weighted by Gasteiger charge is 2.19. The molecule has 0 amide bonds. The normalized spacial score (nSPS) is 17.7. The molecule has 1 aliphatic rings. The number of nitriles is 2. The molecule has 1 heterocycles. The first-order chi connectivity index (χ1) is 11.3. The van der Waals surface area contributed by atoms with Crippen LogP contribution < -0.4 is 0 Å². The summed E-state index contributed by atoms with van der Waals surface area (Å²) in [6.45, 7) is 5.85. The molecule has 1 aliphatic heterocycles. The molecule has 4 nitrogen and oxygen atoms in total. The molecule has 1 unspecified atom stereocenters. The Morgan fingerprint density at radius 3 is 2.39 bits per heavy atom. The summed E-state index contributed by atoms with van der Waals surface area (Å²) >= 11 is 0. The number of rotatable bonds is 7. The summed E-state index contributed by atoms with van der Waals surface area (Å²) in [5.41, 5.74) is 1.24. The molecule has 2 rings (SSSR count). The minimum atomic E-state index is -0.0147. The van der Waals surface area contributed by atoms with Crippen LogP contribution >= 0.6 is 0 Å². The Morgan fingerprint density at radius 2 is 1.74 bits per heavy atom. The van der Waals surface area contributed by atoms with Gasteiger partial charge >= 0.3 is 0 Å². The van der Waals surface area contributed by atoms with Crippen LogP contribution in [0.25, 0.3) is 6.08 Å². The first-order valence-electron chi connectivity index (χ1n) is 8.24. The Kier molecular flexibility index (Phi) is 7.33. The van der Waals surface area contributed by atoms with Crippen molar-refractivity contribution in [3.8, 4) is 12.1 Å². The van der Waals surface area contributed by atoms with E-state index in [0.717, 1.165) is 39.3 Å². The van der Waals surface area contributed by atoms with Crippen LogP contribution in [0.15, 0.2) is 36.4 Å². The van der Waals surface area contributed by atoms with Gasteiger partial charge in [-0.2, -0.15) is 10.5 Å². The van der Waals surface area contributed by atoms with Crippen molar-refractivity contribution in [3.63, 3.8) is 0 Å². The molecule has 0 radical (unpaired) electrons. The van der Waals surface area contributed by atoms with E-state index in [4.69, 9.17) is 10.5 Å². The fourth-order valence-electron chi connectivity index (χ4n) is 2.80. The van der Waals surface area contributed by atoms with Crippen LogP contribution in [0.2, 0.25) is 0 Å². The summed E-state index contributed by atoms with van der Waals surface area (Å²) in [5, 5.41) is 17.8. The largest absolute Gasteiger partial charge is 0.299 e. The van der Waals surface area contributed by atoms with Gasteiger partial charge in [0.2, 0.25) is 0 Å². The second-order valence-corrected chi connectivity index (χ2v) is 5.94. The smallest absolute Gasteiger partial charge is 0.0669 e. The minimum absolute atomic E-state index is 0.0147. The summed E-state index contributed by atoms with van der Waals surface area (Å²) in [6, 6.07) is 14.8. The van der Waals surface area contributed by atoms with Crippen molar-refractivity contribution in [3.05, 3.63) is 42.0 Å². The molecule has 0 spiro atoms. The molecule has 0 N–H and O–H groups in total. The topological polar surface area (TPSA) is 54.1 Å². The summed E-state index contributed by atoms with van der Waals surface area (Å²) in [5.74, 6) is -0.0147. The van der Waals surface area contributed by atoms with Gasteiger partial charge in [-0.1, -0.05) is 42.5 Å². The van der Waals surface area contributed by atoms with Crippen LogP contribution in [0.3, 0.4) is 0 Å². The van der Waals surface area contributed by atoms with E-state index >= 15 is 0 Å².